The number of nitrogens with zero attached hydrogens (tertiary/aromatic N) is 4. The predicted molar refractivity (Wildman–Crippen MR) is 64.3 cm³/mol. The van der Waals surface area contributed by atoms with E-state index in [1.54, 1.807) is 12.3 Å². The molecule has 0 radical (unpaired) electrons. The monoisotopic (exact) mass is 227 g/mol. The van der Waals surface area contributed by atoms with Gasteiger partial charge in [-0.2, -0.15) is 10.4 Å². The van der Waals surface area contributed by atoms with Gasteiger partial charge in [0, 0.05) is 25.5 Å². The summed E-state index contributed by atoms with van der Waals surface area (Å²) in [6.07, 6.45) is 4.67. The van der Waals surface area contributed by atoms with E-state index >= 15 is 0 Å². The second kappa shape index (κ2) is 5.66. The zero-order valence-corrected chi connectivity index (χ0v) is 9.37. The number of aromatic nitrogens is 3. The molecule has 0 saturated carbocycles. The van der Waals surface area contributed by atoms with Crippen LogP contribution in [0.1, 0.15) is 12.1 Å². The normalized spacial score (nSPS) is 9.82. The molecule has 0 aromatic carbocycles. The lowest BCUT2D eigenvalue weighted by Crippen LogP contribution is -2.08. The molecule has 0 aliphatic rings. The van der Waals surface area contributed by atoms with E-state index in [9.17, 15) is 0 Å². The number of hydrogen-bond acceptors (Lipinski definition) is 4. The van der Waals surface area contributed by atoms with Gasteiger partial charge in [0.25, 0.3) is 0 Å². The first-order valence-electron chi connectivity index (χ1n) is 5.47. The third kappa shape index (κ3) is 3.31. The molecule has 0 unspecified atom stereocenters. The Morgan fingerprint density at radius 3 is 3.06 bits per heavy atom. The average molecular weight is 227 g/mol. The minimum Gasteiger partial charge on any atom is -0.370 e. The van der Waals surface area contributed by atoms with Crippen molar-refractivity contribution in [3.63, 3.8) is 0 Å². The van der Waals surface area contributed by atoms with Crippen molar-refractivity contribution in [2.75, 3.05) is 11.9 Å². The van der Waals surface area contributed by atoms with E-state index in [0.717, 1.165) is 25.3 Å². The zero-order chi connectivity index (χ0) is 11.9. The first-order chi connectivity index (χ1) is 8.38. The van der Waals surface area contributed by atoms with E-state index in [1.807, 2.05) is 35.1 Å². The minimum absolute atomic E-state index is 0.432. The fourth-order valence-electron chi connectivity index (χ4n) is 1.49. The van der Waals surface area contributed by atoms with Gasteiger partial charge in [-0.05, 0) is 24.6 Å². The summed E-state index contributed by atoms with van der Waals surface area (Å²) in [5.74, 6) is 0.740. The Balaban J connectivity index is 1.76. The van der Waals surface area contributed by atoms with Crippen molar-refractivity contribution >= 4 is 5.82 Å². The summed E-state index contributed by atoms with van der Waals surface area (Å²) in [7, 11) is 0. The number of aryl methyl sites for hydroxylation is 1. The van der Waals surface area contributed by atoms with Crippen LogP contribution in [0.25, 0.3) is 0 Å². The Labute approximate surface area is 99.7 Å². The molecule has 0 atom stereocenters. The van der Waals surface area contributed by atoms with Crippen molar-refractivity contribution in [1.29, 1.82) is 5.26 Å². The summed E-state index contributed by atoms with van der Waals surface area (Å²) >= 11 is 0. The third-order valence-corrected chi connectivity index (χ3v) is 2.29. The standard InChI is InChI=1S/C12H13N5/c13-10-11-4-1-5-12(16-11)14-6-2-8-17-9-3-7-15-17/h1,3-5,7,9H,2,6,8H2,(H,14,16). The number of anilines is 1. The van der Waals surface area contributed by atoms with Gasteiger partial charge in [0.2, 0.25) is 0 Å². The predicted octanol–water partition coefficient (Wildman–Crippen LogP) is 1.65. The molecule has 5 nitrogen and oxygen atoms in total. The van der Waals surface area contributed by atoms with Crippen molar-refractivity contribution in [2.24, 2.45) is 0 Å². The van der Waals surface area contributed by atoms with Crippen LogP contribution in [0.15, 0.2) is 36.7 Å². The topological polar surface area (TPSA) is 66.5 Å². The number of pyridine rings is 1. The Bertz CT molecular complexity index is 498. The molecule has 2 rings (SSSR count). The summed E-state index contributed by atoms with van der Waals surface area (Å²) in [6.45, 7) is 1.68. The van der Waals surface area contributed by atoms with Crippen molar-refractivity contribution in [2.45, 2.75) is 13.0 Å². The van der Waals surface area contributed by atoms with Gasteiger partial charge in [0.15, 0.2) is 0 Å². The van der Waals surface area contributed by atoms with Crippen LogP contribution in [0, 0.1) is 11.3 Å². The van der Waals surface area contributed by atoms with E-state index in [2.05, 4.69) is 15.4 Å². The van der Waals surface area contributed by atoms with Crippen LogP contribution in [0.5, 0.6) is 0 Å². The molecule has 0 aliphatic heterocycles. The van der Waals surface area contributed by atoms with E-state index in [-0.39, 0.29) is 0 Å². The van der Waals surface area contributed by atoms with Crippen molar-refractivity contribution in [3.05, 3.63) is 42.4 Å². The molecule has 0 saturated heterocycles. The Morgan fingerprint density at radius 2 is 2.29 bits per heavy atom. The molecule has 2 heterocycles. The first kappa shape index (κ1) is 11.1. The number of rotatable bonds is 5. The lowest BCUT2D eigenvalue weighted by atomic mass is 10.3. The molecule has 17 heavy (non-hydrogen) atoms. The molecule has 0 bridgehead atoms. The quantitative estimate of drug-likeness (QED) is 0.789. The highest BCUT2D eigenvalue weighted by molar-refractivity contribution is 5.38. The van der Waals surface area contributed by atoms with Crippen LogP contribution >= 0.6 is 0 Å². The Kier molecular flexibility index (Phi) is 3.71. The van der Waals surface area contributed by atoms with Crippen molar-refractivity contribution in [3.8, 4) is 6.07 Å². The van der Waals surface area contributed by atoms with Gasteiger partial charge in [-0.1, -0.05) is 6.07 Å². The molecule has 0 spiro atoms. The van der Waals surface area contributed by atoms with Crippen LogP contribution in [0.2, 0.25) is 0 Å². The highest BCUT2D eigenvalue weighted by atomic mass is 15.3. The largest absolute Gasteiger partial charge is 0.370 e. The molecule has 5 heteroatoms. The van der Waals surface area contributed by atoms with Crippen molar-refractivity contribution < 1.29 is 0 Å². The minimum atomic E-state index is 0.432. The molecule has 0 fully saturated rings. The zero-order valence-electron chi connectivity index (χ0n) is 9.37. The Hall–Kier alpha value is -2.35. The van der Waals surface area contributed by atoms with Crippen LogP contribution < -0.4 is 5.32 Å². The number of nitriles is 1. The second-order valence-corrected chi connectivity index (χ2v) is 3.57. The summed E-state index contributed by atoms with van der Waals surface area (Å²) in [5.41, 5.74) is 0.432. The molecule has 0 amide bonds. The van der Waals surface area contributed by atoms with Crippen LogP contribution in [0.3, 0.4) is 0 Å². The number of hydrogen-bond donors (Lipinski definition) is 1. The molecular weight excluding hydrogens is 214 g/mol. The molecule has 0 aliphatic carbocycles. The summed E-state index contributed by atoms with van der Waals surface area (Å²) in [5, 5.41) is 16.0. The fraction of sp³-hybridized carbons (Fsp3) is 0.250. The van der Waals surface area contributed by atoms with E-state index < -0.39 is 0 Å². The van der Waals surface area contributed by atoms with Gasteiger partial charge in [0.05, 0.1) is 0 Å². The van der Waals surface area contributed by atoms with Crippen LogP contribution in [-0.2, 0) is 6.54 Å². The lowest BCUT2D eigenvalue weighted by Gasteiger charge is -2.05. The van der Waals surface area contributed by atoms with Crippen LogP contribution in [0.4, 0.5) is 5.82 Å². The molecule has 2 aromatic rings. The summed E-state index contributed by atoms with van der Waals surface area (Å²) in [4.78, 5) is 4.13. The van der Waals surface area contributed by atoms with Gasteiger partial charge in [-0.15, -0.1) is 0 Å². The highest BCUT2D eigenvalue weighted by Crippen LogP contribution is 2.03. The maximum atomic E-state index is 8.71. The van der Waals surface area contributed by atoms with E-state index in [4.69, 9.17) is 5.26 Å². The molecule has 2 aromatic heterocycles. The van der Waals surface area contributed by atoms with Crippen molar-refractivity contribution in [1.82, 2.24) is 14.8 Å². The summed E-state index contributed by atoms with van der Waals surface area (Å²) in [6, 6.07) is 9.29. The van der Waals surface area contributed by atoms with Gasteiger partial charge < -0.3 is 5.32 Å². The van der Waals surface area contributed by atoms with Gasteiger partial charge >= 0.3 is 0 Å². The van der Waals surface area contributed by atoms with E-state index in [1.165, 1.54) is 0 Å². The Morgan fingerprint density at radius 1 is 1.35 bits per heavy atom. The summed E-state index contributed by atoms with van der Waals surface area (Å²) < 4.78 is 1.89. The number of nitrogens with one attached hydrogen (secondary N) is 1. The molecule has 1 N–H and O–H groups in total. The molecular formula is C12H13N5. The third-order valence-electron chi connectivity index (χ3n) is 2.29. The second-order valence-electron chi connectivity index (χ2n) is 3.57. The molecule has 86 valence electrons. The average Bonchev–Trinajstić information content (AvgIpc) is 2.88. The lowest BCUT2D eigenvalue weighted by molar-refractivity contribution is 0.591. The van der Waals surface area contributed by atoms with Crippen LogP contribution in [-0.4, -0.2) is 21.3 Å². The maximum Gasteiger partial charge on any atom is 0.142 e. The first-order valence-corrected chi connectivity index (χ1v) is 5.47. The van der Waals surface area contributed by atoms with E-state index in [0.29, 0.717) is 5.69 Å². The maximum absolute atomic E-state index is 8.71. The van der Waals surface area contributed by atoms with Gasteiger partial charge in [-0.3, -0.25) is 4.68 Å². The highest BCUT2D eigenvalue weighted by Gasteiger charge is 1.96. The van der Waals surface area contributed by atoms with Gasteiger partial charge in [-0.25, -0.2) is 4.98 Å². The smallest absolute Gasteiger partial charge is 0.142 e. The SMILES string of the molecule is N#Cc1cccc(NCCCn2cccn2)n1. The van der Waals surface area contributed by atoms with Gasteiger partial charge in [0.1, 0.15) is 17.6 Å². The fourth-order valence-corrected chi connectivity index (χ4v) is 1.49.